The molecule has 6 heteroatoms. The maximum atomic E-state index is 11.7. The Bertz CT molecular complexity index is 612. The lowest BCUT2D eigenvalue weighted by atomic mass is 10.0. The van der Waals surface area contributed by atoms with E-state index in [1.165, 1.54) is 11.1 Å². The highest BCUT2D eigenvalue weighted by molar-refractivity contribution is 5.80. The molecule has 0 aromatic heterocycles. The number of nitrogens with zero attached hydrogens (tertiary/aromatic N) is 3. The van der Waals surface area contributed by atoms with Crippen LogP contribution in [0.2, 0.25) is 0 Å². The Kier molecular flexibility index (Phi) is 8.58. The van der Waals surface area contributed by atoms with Crippen molar-refractivity contribution in [3.8, 4) is 0 Å². The molecular weight excluding hydrogens is 338 g/mol. The number of rotatable bonds is 9. The molecule has 27 heavy (non-hydrogen) atoms. The van der Waals surface area contributed by atoms with Crippen LogP contribution in [0, 0.1) is 6.92 Å². The number of hydrogen-bond donors (Lipinski definition) is 2. The Morgan fingerprint density at radius 3 is 2.59 bits per heavy atom. The van der Waals surface area contributed by atoms with E-state index in [1.807, 2.05) is 4.90 Å². The third kappa shape index (κ3) is 6.86. The Morgan fingerprint density at radius 2 is 2.00 bits per heavy atom. The number of guanidine groups is 1. The maximum absolute atomic E-state index is 11.7. The van der Waals surface area contributed by atoms with Gasteiger partial charge in [-0.25, -0.2) is 0 Å². The summed E-state index contributed by atoms with van der Waals surface area (Å²) in [5.41, 5.74) is 2.55. The molecule has 0 bridgehead atoms. The minimum Gasteiger partial charge on any atom is -0.357 e. The van der Waals surface area contributed by atoms with Crippen LogP contribution < -0.4 is 10.6 Å². The number of aliphatic imine (C=N–C) groups is 1. The molecule has 0 radical (unpaired) electrons. The van der Waals surface area contributed by atoms with Gasteiger partial charge in [0.2, 0.25) is 5.91 Å². The van der Waals surface area contributed by atoms with Crippen molar-refractivity contribution in [2.45, 2.75) is 39.2 Å². The van der Waals surface area contributed by atoms with Crippen molar-refractivity contribution >= 4 is 11.9 Å². The lowest BCUT2D eigenvalue weighted by molar-refractivity contribution is -0.127. The van der Waals surface area contributed by atoms with Gasteiger partial charge in [-0.1, -0.05) is 29.8 Å². The lowest BCUT2D eigenvalue weighted by Crippen LogP contribution is -2.39. The number of likely N-dealkylation sites (tertiary alicyclic amines) is 1. The molecule has 1 aromatic rings. The first-order chi connectivity index (χ1) is 13.0. The normalized spacial score (nSPS) is 16.1. The number of carbonyl (C=O) groups is 1. The van der Waals surface area contributed by atoms with Gasteiger partial charge in [0, 0.05) is 32.6 Å². The van der Waals surface area contributed by atoms with Crippen LogP contribution in [0.3, 0.4) is 0 Å². The molecule has 1 heterocycles. The van der Waals surface area contributed by atoms with E-state index in [1.54, 1.807) is 0 Å². The second-order valence-corrected chi connectivity index (χ2v) is 7.37. The topological polar surface area (TPSA) is 60.0 Å². The van der Waals surface area contributed by atoms with Crippen LogP contribution in [0.5, 0.6) is 0 Å². The summed E-state index contributed by atoms with van der Waals surface area (Å²) >= 11 is 0. The van der Waals surface area contributed by atoms with Crippen LogP contribution in [-0.2, 0) is 4.79 Å². The first-order valence-corrected chi connectivity index (χ1v) is 10.0. The van der Waals surface area contributed by atoms with Gasteiger partial charge in [-0.2, -0.15) is 0 Å². The van der Waals surface area contributed by atoms with E-state index in [9.17, 15) is 4.79 Å². The molecule has 1 fully saturated rings. The standard InChI is InChI=1S/C21H35N5O/c1-5-22-21(23-13-7-15-26-14-6-8-20(26)27)24-16-19(25(3)4)18-11-9-17(2)10-12-18/h9-12,19H,5-8,13-16H2,1-4H3,(H2,22,23,24). The summed E-state index contributed by atoms with van der Waals surface area (Å²) in [5, 5.41) is 6.71. The SMILES string of the molecule is CCNC(=NCC(c1ccc(C)cc1)N(C)C)NCCCN1CCCC1=O. The molecule has 6 nitrogen and oxygen atoms in total. The van der Waals surface area contributed by atoms with Gasteiger partial charge in [0.15, 0.2) is 5.96 Å². The molecule has 0 spiro atoms. The Hall–Kier alpha value is -2.08. The highest BCUT2D eigenvalue weighted by Crippen LogP contribution is 2.19. The Morgan fingerprint density at radius 1 is 1.26 bits per heavy atom. The summed E-state index contributed by atoms with van der Waals surface area (Å²) in [4.78, 5) is 20.6. The van der Waals surface area contributed by atoms with Gasteiger partial charge in [0.1, 0.15) is 0 Å². The second-order valence-electron chi connectivity index (χ2n) is 7.37. The fourth-order valence-electron chi connectivity index (χ4n) is 3.29. The largest absolute Gasteiger partial charge is 0.357 e. The lowest BCUT2D eigenvalue weighted by Gasteiger charge is -2.24. The maximum Gasteiger partial charge on any atom is 0.222 e. The van der Waals surface area contributed by atoms with Crippen LogP contribution in [0.25, 0.3) is 0 Å². The highest BCUT2D eigenvalue weighted by atomic mass is 16.2. The quantitative estimate of drug-likeness (QED) is 0.396. The number of aryl methyl sites for hydroxylation is 1. The van der Waals surface area contributed by atoms with Crippen molar-refractivity contribution in [2.75, 3.05) is 46.8 Å². The van der Waals surface area contributed by atoms with E-state index >= 15 is 0 Å². The van der Waals surface area contributed by atoms with Crippen molar-refractivity contribution in [1.29, 1.82) is 0 Å². The van der Waals surface area contributed by atoms with Crippen molar-refractivity contribution in [2.24, 2.45) is 4.99 Å². The molecule has 1 amide bonds. The number of hydrogen-bond acceptors (Lipinski definition) is 3. The summed E-state index contributed by atoms with van der Waals surface area (Å²) in [7, 11) is 4.18. The van der Waals surface area contributed by atoms with Crippen LogP contribution >= 0.6 is 0 Å². The number of amides is 1. The van der Waals surface area contributed by atoms with E-state index < -0.39 is 0 Å². The Labute approximate surface area is 164 Å². The number of likely N-dealkylation sites (N-methyl/N-ethyl adjacent to an activating group) is 1. The molecule has 150 valence electrons. The summed E-state index contributed by atoms with van der Waals surface area (Å²) in [6.07, 6.45) is 2.65. The van der Waals surface area contributed by atoms with Crippen LogP contribution in [-0.4, -0.2) is 68.5 Å². The zero-order valence-corrected chi connectivity index (χ0v) is 17.3. The molecule has 2 N–H and O–H groups in total. The van der Waals surface area contributed by atoms with Gasteiger partial charge in [-0.05, 0) is 46.3 Å². The molecule has 0 saturated carbocycles. The van der Waals surface area contributed by atoms with Gasteiger partial charge in [-0.15, -0.1) is 0 Å². The molecule has 1 unspecified atom stereocenters. The first-order valence-electron chi connectivity index (χ1n) is 10.0. The van der Waals surface area contributed by atoms with Gasteiger partial charge in [0.25, 0.3) is 0 Å². The smallest absolute Gasteiger partial charge is 0.222 e. The third-order valence-electron chi connectivity index (χ3n) is 4.92. The molecule has 0 aliphatic carbocycles. The average Bonchev–Trinajstić information content (AvgIpc) is 3.05. The molecule has 1 aromatic carbocycles. The predicted octanol–water partition coefficient (Wildman–Crippen LogP) is 2.17. The van der Waals surface area contributed by atoms with Gasteiger partial charge in [-0.3, -0.25) is 9.79 Å². The molecule has 1 saturated heterocycles. The van der Waals surface area contributed by atoms with E-state index in [2.05, 4.69) is 67.7 Å². The van der Waals surface area contributed by atoms with Gasteiger partial charge < -0.3 is 20.4 Å². The predicted molar refractivity (Wildman–Crippen MR) is 112 cm³/mol. The number of nitrogens with one attached hydrogen (secondary N) is 2. The second kappa shape index (κ2) is 10.9. The zero-order chi connectivity index (χ0) is 19.6. The van der Waals surface area contributed by atoms with Crippen LogP contribution in [0.1, 0.15) is 43.4 Å². The summed E-state index contributed by atoms with van der Waals surface area (Å²) in [6.45, 7) is 8.25. The van der Waals surface area contributed by atoms with Gasteiger partial charge in [0.05, 0.1) is 12.6 Å². The summed E-state index contributed by atoms with van der Waals surface area (Å²) < 4.78 is 0. The van der Waals surface area contributed by atoms with Crippen molar-refractivity contribution in [3.05, 3.63) is 35.4 Å². The fourth-order valence-corrected chi connectivity index (χ4v) is 3.29. The van der Waals surface area contributed by atoms with E-state index in [-0.39, 0.29) is 6.04 Å². The average molecular weight is 374 g/mol. The van der Waals surface area contributed by atoms with Gasteiger partial charge >= 0.3 is 0 Å². The van der Waals surface area contributed by atoms with E-state index in [4.69, 9.17) is 4.99 Å². The monoisotopic (exact) mass is 373 g/mol. The van der Waals surface area contributed by atoms with Crippen molar-refractivity contribution in [1.82, 2.24) is 20.4 Å². The molecule has 2 rings (SSSR count). The molecule has 1 atom stereocenters. The van der Waals surface area contributed by atoms with Crippen LogP contribution in [0.15, 0.2) is 29.3 Å². The zero-order valence-electron chi connectivity index (χ0n) is 17.3. The minimum absolute atomic E-state index is 0.239. The van der Waals surface area contributed by atoms with E-state index in [0.717, 1.165) is 45.0 Å². The molecule has 1 aliphatic heterocycles. The molecule has 1 aliphatic rings. The first kappa shape index (κ1) is 21.2. The third-order valence-corrected chi connectivity index (χ3v) is 4.92. The highest BCUT2D eigenvalue weighted by Gasteiger charge is 2.19. The Balaban J connectivity index is 1.87. The fraction of sp³-hybridized carbons (Fsp3) is 0.619. The van der Waals surface area contributed by atoms with E-state index in [0.29, 0.717) is 18.9 Å². The van der Waals surface area contributed by atoms with Crippen LogP contribution in [0.4, 0.5) is 0 Å². The number of benzene rings is 1. The summed E-state index contributed by atoms with van der Waals surface area (Å²) in [5.74, 6) is 1.13. The van der Waals surface area contributed by atoms with Crippen molar-refractivity contribution in [3.63, 3.8) is 0 Å². The minimum atomic E-state index is 0.239. The molecular formula is C21H35N5O. The number of carbonyl (C=O) groups excluding carboxylic acids is 1. The summed E-state index contributed by atoms with van der Waals surface area (Å²) in [6, 6.07) is 8.91. The van der Waals surface area contributed by atoms with Crippen molar-refractivity contribution < 1.29 is 4.79 Å².